The summed E-state index contributed by atoms with van der Waals surface area (Å²) in [7, 11) is 0. The Morgan fingerprint density at radius 1 is 0.897 bits per heavy atom. The van der Waals surface area contributed by atoms with Gasteiger partial charge in [0, 0.05) is 11.1 Å². The van der Waals surface area contributed by atoms with E-state index in [1.807, 2.05) is 6.07 Å². The molecule has 1 amide bonds. The largest absolute Gasteiger partial charge is 0.452 e. The first-order valence-corrected chi connectivity index (χ1v) is 9.62. The molecule has 29 heavy (non-hydrogen) atoms. The average Bonchev–Trinajstić information content (AvgIpc) is 2.78. The quantitative estimate of drug-likeness (QED) is 0.602. The monoisotopic (exact) mass is 390 g/mol. The van der Waals surface area contributed by atoms with E-state index in [1.54, 1.807) is 36.4 Å². The average molecular weight is 390 g/mol. The van der Waals surface area contributed by atoms with Crippen LogP contribution in [0.15, 0.2) is 54.6 Å². The lowest BCUT2D eigenvalue weighted by Gasteiger charge is -2.31. The van der Waals surface area contributed by atoms with Crippen LogP contribution in [-0.4, -0.2) is 29.8 Å². The summed E-state index contributed by atoms with van der Waals surface area (Å²) in [5.41, 5.74) is 0.406. The van der Waals surface area contributed by atoms with Gasteiger partial charge in [-0.1, -0.05) is 61.7 Å². The summed E-state index contributed by atoms with van der Waals surface area (Å²) in [4.78, 5) is 36.7. The van der Waals surface area contributed by atoms with Crippen molar-refractivity contribution in [1.82, 2.24) is 5.32 Å². The van der Waals surface area contributed by atoms with Crippen LogP contribution >= 0.6 is 0 Å². The number of hydrogen-bond acceptors (Lipinski definition) is 5. The third kappa shape index (κ3) is 5.08. The molecule has 148 valence electrons. The number of amides is 1. The molecule has 0 radical (unpaired) electrons. The molecule has 1 N–H and O–H groups in total. The summed E-state index contributed by atoms with van der Waals surface area (Å²) in [6, 6.07) is 17.1. The summed E-state index contributed by atoms with van der Waals surface area (Å²) >= 11 is 0. The maximum Gasteiger partial charge on any atom is 0.338 e. The van der Waals surface area contributed by atoms with Crippen LogP contribution in [0.1, 0.15) is 58.4 Å². The highest BCUT2D eigenvalue weighted by atomic mass is 16.5. The number of ether oxygens (including phenoxy) is 1. The minimum absolute atomic E-state index is 0.140. The third-order valence-electron chi connectivity index (χ3n) is 5.05. The number of hydrogen-bond donors (Lipinski definition) is 1. The van der Waals surface area contributed by atoms with E-state index in [2.05, 4.69) is 11.4 Å². The fraction of sp³-hybridized carbons (Fsp3) is 0.304. The van der Waals surface area contributed by atoms with Crippen LogP contribution < -0.4 is 5.32 Å². The first-order chi connectivity index (χ1) is 14.0. The van der Waals surface area contributed by atoms with Crippen molar-refractivity contribution < 1.29 is 19.1 Å². The molecular formula is C23H22N2O4. The lowest BCUT2D eigenvalue weighted by Crippen LogP contribution is -2.50. The normalized spacial score (nSPS) is 15.0. The van der Waals surface area contributed by atoms with E-state index < -0.39 is 24.0 Å². The summed E-state index contributed by atoms with van der Waals surface area (Å²) in [6.45, 7) is -0.451. The van der Waals surface area contributed by atoms with Crippen molar-refractivity contribution in [2.24, 2.45) is 0 Å². The van der Waals surface area contributed by atoms with Gasteiger partial charge in [-0.3, -0.25) is 9.59 Å². The molecule has 2 aromatic carbocycles. The molecule has 1 fully saturated rings. The number of nitrogens with one attached hydrogen (secondary N) is 1. The van der Waals surface area contributed by atoms with Gasteiger partial charge in [0.1, 0.15) is 5.54 Å². The highest BCUT2D eigenvalue weighted by Crippen LogP contribution is 2.27. The van der Waals surface area contributed by atoms with Crippen molar-refractivity contribution in [3.05, 3.63) is 71.3 Å². The van der Waals surface area contributed by atoms with Crippen LogP contribution in [0.4, 0.5) is 0 Å². The third-order valence-corrected chi connectivity index (χ3v) is 5.05. The van der Waals surface area contributed by atoms with Gasteiger partial charge >= 0.3 is 5.97 Å². The SMILES string of the molecule is N#CC1(NC(=O)COC(=O)c2ccc(C(=O)c3ccccc3)cc2)CCCCC1. The molecule has 6 nitrogen and oxygen atoms in total. The molecule has 0 spiro atoms. The van der Waals surface area contributed by atoms with E-state index >= 15 is 0 Å². The summed E-state index contributed by atoms with van der Waals surface area (Å²) in [6.07, 6.45) is 4.06. The Morgan fingerprint density at radius 3 is 2.10 bits per heavy atom. The molecule has 0 aliphatic heterocycles. The zero-order valence-corrected chi connectivity index (χ0v) is 16.0. The minimum atomic E-state index is -0.860. The van der Waals surface area contributed by atoms with Crippen molar-refractivity contribution in [3.8, 4) is 6.07 Å². The van der Waals surface area contributed by atoms with E-state index in [-0.39, 0.29) is 11.3 Å². The van der Waals surface area contributed by atoms with Crippen LogP contribution in [-0.2, 0) is 9.53 Å². The second kappa shape index (κ2) is 9.16. The summed E-state index contributed by atoms with van der Waals surface area (Å²) in [5, 5.41) is 12.1. The van der Waals surface area contributed by atoms with Crippen molar-refractivity contribution in [3.63, 3.8) is 0 Å². The van der Waals surface area contributed by atoms with Crippen molar-refractivity contribution >= 4 is 17.7 Å². The Labute approximate surface area is 169 Å². The van der Waals surface area contributed by atoms with Crippen molar-refractivity contribution in [2.75, 3.05) is 6.61 Å². The zero-order valence-electron chi connectivity index (χ0n) is 16.0. The number of esters is 1. The number of benzene rings is 2. The lowest BCUT2D eigenvalue weighted by atomic mass is 9.83. The Balaban J connectivity index is 1.55. The van der Waals surface area contributed by atoms with Crippen molar-refractivity contribution in [1.29, 1.82) is 5.26 Å². The molecule has 0 bridgehead atoms. The molecular weight excluding hydrogens is 368 g/mol. The van der Waals surface area contributed by atoms with Crippen molar-refractivity contribution in [2.45, 2.75) is 37.6 Å². The van der Waals surface area contributed by atoms with Gasteiger partial charge in [-0.25, -0.2) is 4.79 Å². The Hall–Kier alpha value is -3.46. The summed E-state index contributed by atoms with van der Waals surface area (Å²) in [5.74, 6) is -1.29. The van der Waals surface area contributed by atoms with Gasteiger partial charge in [0.25, 0.3) is 5.91 Å². The first-order valence-electron chi connectivity index (χ1n) is 9.62. The highest BCUT2D eigenvalue weighted by Gasteiger charge is 2.33. The van der Waals surface area contributed by atoms with Gasteiger partial charge in [0.2, 0.25) is 0 Å². The van der Waals surface area contributed by atoms with E-state index in [0.29, 0.717) is 24.0 Å². The van der Waals surface area contributed by atoms with Crippen LogP contribution in [0.2, 0.25) is 0 Å². The molecule has 0 unspecified atom stereocenters. The maximum atomic E-state index is 12.4. The van der Waals surface area contributed by atoms with Crippen LogP contribution in [0.25, 0.3) is 0 Å². The Bertz CT molecular complexity index is 924. The second-order valence-corrected chi connectivity index (χ2v) is 7.15. The minimum Gasteiger partial charge on any atom is -0.452 e. The predicted octanol–water partition coefficient (Wildman–Crippen LogP) is 3.42. The number of nitrogens with zero attached hydrogens (tertiary/aromatic N) is 1. The van der Waals surface area contributed by atoms with Gasteiger partial charge in [-0.15, -0.1) is 0 Å². The van der Waals surface area contributed by atoms with E-state index in [4.69, 9.17) is 4.74 Å². The van der Waals surface area contributed by atoms with Crippen LogP contribution in [0, 0.1) is 11.3 Å². The van der Waals surface area contributed by atoms with Crippen LogP contribution in [0.5, 0.6) is 0 Å². The number of carbonyl (C=O) groups is 3. The zero-order chi connectivity index (χ0) is 20.7. The number of nitriles is 1. The molecule has 2 aromatic rings. The molecule has 1 aliphatic carbocycles. The first kappa shape index (κ1) is 20.3. The molecule has 1 aliphatic rings. The Morgan fingerprint density at radius 2 is 1.48 bits per heavy atom. The van der Waals surface area contributed by atoms with Gasteiger partial charge in [-0.05, 0) is 25.0 Å². The maximum absolute atomic E-state index is 12.4. The molecule has 0 aromatic heterocycles. The summed E-state index contributed by atoms with van der Waals surface area (Å²) < 4.78 is 5.06. The molecule has 0 atom stereocenters. The molecule has 0 saturated heterocycles. The number of ketones is 1. The standard InChI is InChI=1S/C23H22N2O4/c24-16-23(13-5-2-6-14-23)25-20(26)15-29-22(28)19-11-9-18(10-12-19)21(27)17-7-3-1-4-8-17/h1,3-4,7-12H,2,5-6,13-15H2,(H,25,26). The molecule has 3 rings (SSSR count). The predicted molar refractivity (Wildman–Crippen MR) is 106 cm³/mol. The van der Waals surface area contributed by atoms with Gasteiger partial charge in [-0.2, -0.15) is 5.26 Å². The second-order valence-electron chi connectivity index (χ2n) is 7.15. The van der Waals surface area contributed by atoms with Gasteiger partial charge in [0.15, 0.2) is 12.4 Å². The van der Waals surface area contributed by atoms with Gasteiger partial charge in [0.05, 0.1) is 11.6 Å². The smallest absolute Gasteiger partial charge is 0.338 e. The van der Waals surface area contributed by atoms with E-state index in [9.17, 15) is 19.6 Å². The number of carbonyl (C=O) groups excluding carboxylic acids is 3. The molecule has 0 heterocycles. The number of rotatable bonds is 6. The molecule has 6 heteroatoms. The Kier molecular flexibility index (Phi) is 6.40. The fourth-order valence-corrected chi connectivity index (χ4v) is 3.45. The van der Waals surface area contributed by atoms with E-state index in [0.717, 1.165) is 19.3 Å². The lowest BCUT2D eigenvalue weighted by molar-refractivity contribution is -0.125. The van der Waals surface area contributed by atoms with E-state index in [1.165, 1.54) is 12.1 Å². The topological polar surface area (TPSA) is 96.3 Å². The van der Waals surface area contributed by atoms with Crippen LogP contribution in [0.3, 0.4) is 0 Å². The van der Waals surface area contributed by atoms with Gasteiger partial charge < -0.3 is 10.1 Å². The fourth-order valence-electron chi connectivity index (χ4n) is 3.45. The highest BCUT2D eigenvalue weighted by molar-refractivity contribution is 6.09. The molecule has 1 saturated carbocycles.